The Morgan fingerprint density at radius 2 is 1.63 bits per heavy atom. The number of carbonyl (C=O) groups excluding carboxylic acids is 2. The first kappa shape index (κ1) is 33.5. The lowest BCUT2D eigenvalue weighted by molar-refractivity contribution is -0.140. The van der Waals surface area contributed by atoms with Crippen LogP contribution in [-0.4, -0.2) is 40.0 Å². The van der Waals surface area contributed by atoms with Crippen LogP contribution in [0.1, 0.15) is 65.0 Å². The summed E-state index contributed by atoms with van der Waals surface area (Å²) in [6.07, 6.45) is 3.79. The van der Waals surface area contributed by atoms with E-state index >= 15 is 0 Å². The van der Waals surface area contributed by atoms with Crippen LogP contribution in [0, 0.1) is 26.7 Å². The van der Waals surface area contributed by atoms with Gasteiger partial charge in [0.1, 0.15) is 5.69 Å². The molecule has 0 spiro atoms. The zero-order valence-electron chi connectivity index (χ0n) is 28.6. The number of nitrogens with zero attached hydrogens (tertiary/aromatic N) is 4. The standard InChI is InChI=1S/C39H38N4O5S/c1-22(2)21-48-38(46)33-26(6)40-39-43(35(33)27-13-15-28(16-14-27)37(45)47-7)36(44)31(49-39)19-29-20-42(30-11-9-8-10-12-30)41-34(29)32-24(4)17-23(3)18-25(32)5/h8-20,22,35H,21H2,1-7H3/b31-19-/t35-/m1/s1. The number of fused-ring (bicyclic) bond motifs is 1. The van der Waals surface area contributed by atoms with Gasteiger partial charge < -0.3 is 9.47 Å². The summed E-state index contributed by atoms with van der Waals surface area (Å²) in [5.41, 5.74) is 8.19. The lowest BCUT2D eigenvalue weighted by Crippen LogP contribution is -2.40. The number of rotatable bonds is 8. The quantitative estimate of drug-likeness (QED) is 0.187. The minimum atomic E-state index is -0.821. The van der Waals surface area contributed by atoms with Crippen LogP contribution in [0.3, 0.4) is 0 Å². The molecular weight excluding hydrogens is 637 g/mol. The minimum absolute atomic E-state index is 0.121. The molecule has 0 amide bonds. The van der Waals surface area contributed by atoms with E-state index in [1.165, 1.54) is 18.4 Å². The number of hydrogen-bond donors (Lipinski definition) is 0. The highest BCUT2D eigenvalue weighted by molar-refractivity contribution is 7.07. The van der Waals surface area contributed by atoms with E-state index in [1.807, 2.05) is 61.1 Å². The maximum atomic E-state index is 14.5. The van der Waals surface area contributed by atoms with Gasteiger partial charge in [0.2, 0.25) is 0 Å². The summed E-state index contributed by atoms with van der Waals surface area (Å²) >= 11 is 1.25. The molecule has 5 aromatic rings. The molecule has 1 atom stereocenters. The number of aryl methyl sites for hydroxylation is 3. The Kier molecular flexibility index (Phi) is 9.34. The van der Waals surface area contributed by atoms with E-state index in [-0.39, 0.29) is 23.7 Å². The van der Waals surface area contributed by atoms with Crippen molar-refractivity contribution < 1.29 is 19.1 Å². The third kappa shape index (κ3) is 6.56. The van der Waals surface area contributed by atoms with Gasteiger partial charge in [0.05, 0.1) is 46.8 Å². The number of thiazole rings is 1. The number of benzene rings is 3. The summed E-state index contributed by atoms with van der Waals surface area (Å²) in [6.45, 7) is 12.1. The monoisotopic (exact) mass is 674 g/mol. The first-order valence-electron chi connectivity index (χ1n) is 16.1. The topological polar surface area (TPSA) is 105 Å². The number of para-hydroxylation sites is 1. The average molecular weight is 675 g/mol. The summed E-state index contributed by atoms with van der Waals surface area (Å²) in [6, 6.07) is 20.0. The van der Waals surface area contributed by atoms with E-state index in [9.17, 15) is 14.4 Å². The van der Waals surface area contributed by atoms with E-state index in [0.717, 1.165) is 39.2 Å². The van der Waals surface area contributed by atoms with Crippen LogP contribution in [0.4, 0.5) is 0 Å². The van der Waals surface area contributed by atoms with Crippen molar-refractivity contribution in [1.29, 1.82) is 0 Å². The van der Waals surface area contributed by atoms with Gasteiger partial charge in [-0.25, -0.2) is 19.3 Å². The molecular formula is C39H38N4O5S. The van der Waals surface area contributed by atoms with E-state index < -0.39 is 18.0 Å². The van der Waals surface area contributed by atoms with Crippen molar-refractivity contribution in [2.75, 3.05) is 13.7 Å². The van der Waals surface area contributed by atoms with E-state index in [1.54, 1.807) is 35.8 Å². The molecule has 0 fully saturated rings. The second-order valence-electron chi connectivity index (χ2n) is 12.7. The number of esters is 2. The molecule has 1 aliphatic rings. The summed E-state index contributed by atoms with van der Waals surface area (Å²) in [5, 5.41) is 5.03. The van der Waals surface area contributed by atoms with Gasteiger partial charge in [-0.3, -0.25) is 9.36 Å². The van der Waals surface area contributed by atoms with Gasteiger partial charge in [0.25, 0.3) is 5.56 Å². The molecule has 1 aliphatic heterocycles. The second-order valence-corrected chi connectivity index (χ2v) is 13.7. The van der Waals surface area contributed by atoms with Gasteiger partial charge in [-0.1, -0.05) is 73.2 Å². The number of aromatic nitrogens is 3. The maximum absolute atomic E-state index is 14.5. The van der Waals surface area contributed by atoms with Gasteiger partial charge in [-0.15, -0.1) is 0 Å². The van der Waals surface area contributed by atoms with Gasteiger partial charge in [-0.2, -0.15) is 5.10 Å². The van der Waals surface area contributed by atoms with Crippen LogP contribution in [0.5, 0.6) is 0 Å². The van der Waals surface area contributed by atoms with Crippen LogP contribution >= 0.6 is 11.3 Å². The molecule has 0 bridgehead atoms. The summed E-state index contributed by atoms with van der Waals surface area (Å²) in [5.74, 6) is -0.900. The molecule has 0 aliphatic carbocycles. The molecule has 6 rings (SSSR count). The van der Waals surface area contributed by atoms with Crippen LogP contribution in [-0.2, 0) is 14.3 Å². The Morgan fingerprint density at radius 1 is 0.959 bits per heavy atom. The Labute approximate surface area is 288 Å². The molecule has 250 valence electrons. The molecule has 3 heterocycles. The van der Waals surface area contributed by atoms with Gasteiger partial charge in [0.15, 0.2) is 4.80 Å². The van der Waals surface area contributed by atoms with Crippen molar-refractivity contribution in [3.8, 4) is 16.9 Å². The molecule has 9 nitrogen and oxygen atoms in total. The molecule has 0 N–H and O–H groups in total. The zero-order valence-corrected chi connectivity index (χ0v) is 29.4. The number of carbonyl (C=O) groups is 2. The zero-order chi connectivity index (χ0) is 35.0. The van der Waals surface area contributed by atoms with Crippen LogP contribution < -0.4 is 14.9 Å². The third-order valence-electron chi connectivity index (χ3n) is 8.40. The van der Waals surface area contributed by atoms with Gasteiger partial charge >= 0.3 is 11.9 Å². The predicted octanol–water partition coefficient (Wildman–Crippen LogP) is 6.00. The fourth-order valence-corrected chi connectivity index (χ4v) is 7.27. The lowest BCUT2D eigenvalue weighted by Gasteiger charge is -2.25. The van der Waals surface area contributed by atoms with Crippen LogP contribution in [0.25, 0.3) is 23.0 Å². The molecule has 0 saturated heterocycles. The normalized spacial score (nSPS) is 14.5. The first-order chi connectivity index (χ1) is 23.5. The highest BCUT2D eigenvalue weighted by Crippen LogP contribution is 2.33. The highest BCUT2D eigenvalue weighted by Gasteiger charge is 2.34. The lowest BCUT2D eigenvalue weighted by atomic mass is 9.95. The van der Waals surface area contributed by atoms with Crippen molar-refractivity contribution in [3.63, 3.8) is 0 Å². The number of allylic oxidation sites excluding steroid dienone is 1. The van der Waals surface area contributed by atoms with Crippen LogP contribution in [0.15, 0.2) is 94.0 Å². The molecule has 3 aromatic carbocycles. The largest absolute Gasteiger partial charge is 0.465 e. The molecule has 2 aromatic heterocycles. The van der Waals surface area contributed by atoms with Crippen molar-refractivity contribution in [3.05, 3.63) is 137 Å². The van der Waals surface area contributed by atoms with Crippen molar-refractivity contribution in [2.24, 2.45) is 10.9 Å². The SMILES string of the molecule is COC(=O)c1ccc([C@@H]2C(C(=O)OCC(C)C)=C(C)N=c3s/c(=C\c4cn(-c5ccccc5)nc4-c4c(C)cc(C)cc4C)c(=O)n32)cc1. The molecule has 0 unspecified atom stereocenters. The average Bonchev–Trinajstić information content (AvgIpc) is 3.62. The summed E-state index contributed by atoms with van der Waals surface area (Å²) in [7, 11) is 1.32. The Balaban J connectivity index is 1.56. The summed E-state index contributed by atoms with van der Waals surface area (Å²) in [4.78, 5) is 45.5. The maximum Gasteiger partial charge on any atom is 0.338 e. The molecule has 0 saturated carbocycles. The fraction of sp³-hybridized carbons (Fsp3) is 0.256. The number of methoxy groups -OCH3 is 1. The third-order valence-corrected chi connectivity index (χ3v) is 9.38. The predicted molar refractivity (Wildman–Crippen MR) is 191 cm³/mol. The highest BCUT2D eigenvalue weighted by atomic mass is 32.1. The Bertz CT molecular complexity index is 2270. The van der Waals surface area contributed by atoms with Gasteiger partial charge in [-0.05, 0) is 80.6 Å². The summed E-state index contributed by atoms with van der Waals surface area (Å²) < 4.78 is 14.4. The number of ether oxygens (including phenoxy) is 2. The fourth-order valence-electron chi connectivity index (χ4n) is 6.23. The molecule has 49 heavy (non-hydrogen) atoms. The molecule has 10 heteroatoms. The second kappa shape index (κ2) is 13.6. The van der Waals surface area contributed by atoms with Crippen molar-refractivity contribution in [1.82, 2.24) is 14.3 Å². The van der Waals surface area contributed by atoms with Gasteiger partial charge in [0, 0.05) is 17.3 Å². The van der Waals surface area contributed by atoms with Crippen molar-refractivity contribution >= 4 is 29.4 Å². The van der Waals surface area contributed by atoms with E-state index in [4.69, 9.17) is 19.6 Å². The Hall–Kier alpha value is -5.35. The smallest absolute Gasteiger partial charge is 0.338 e. The van der Waals surface area contributed by atoms with E-state index in [0.29, 0.717) is 26.2 Å². The molecule has 0 radical (unpaired) electrons. The van der Waals surface area contributed by atoms with E-state index in [2.05, 4.69) is 32.9 Å². The number of hydrogen-bond acceptors (Lipinski definition) is 8. The van der Waals surface area contributed by atoms with Crippen molar-refractivity contribution in [2.45, 2.75) is 47.6 Å². The first-order valence-corrected chi connectivity index (χ1v) is 16.9. The minimum Gasteiger partial charge on any atom is -0.465 e. The van der Waals surface area contributed by atoms with Crippen LogP contribution in [0.2, 0.25) is 0 Å². The Morgan fingerprint density at radius 3 is 2.27 bits per heavy atom.